The van der Waals surface area contributed by atoms with Gasteiger partial charge in [0.1, 0.15) is 5.75 Å². The summed E-state index contributed by atoms with van der Waals surface area (Å²) in [6.07, 6.45) is 2.34. The summed E-state index contributed by atoms with van der Waals surface area (Å²) in [6.45, 7) is 1.31. The monoisotopic (exact) mass is 415 g/mol. The number of carbonyl (C=O) groups excluding carboxylic acids is 2. The molecule has 0 spiro atoms. The smallest absolute Gasteiger partial charge is 0.344 e. The maximum absolute atomic E-state index is 12.6. The molecule has 1 N–H and O–H groups in total. The van der Waals surface area contributed by atoms with Crippen LogP contribution in [-0.2, 0) is 27.2 Å². The normalized spacial score (nSPS) is 13.2. The van der Waals surface area contributed by atoms with Crippen LogP contribution in [0.4, 0.5) is 5.69 Å². The summed E-state index contributed by atoms with van der Waals surface area (Å²) < 4.78 is 10.8. The second-order valence-corrected chi connectivity index (χ2v) is 7.61. The Labute approximate surface area is 182 Å². The fourth-order valence-corrected chi connectivity index (χ4v) is 3.76. The predicted molar refractivity (Wildman–Crippen MR) is 120 cm³/mol. The number of benzene rings is 3. The number of hydrogen-bond acceptors (Lipinski definition) is 4. The molecule has 0 saturated heterocycles. The van der Waals surface area contributed by atoms with Crippen LogP contribution in [-0.4, -0.2) is 24.6 Å². The van der Waals surface area contributed by atoms with Gasteiger partial charge in [0.15, 0.2) is 12.7 Å². The zero-order valence-electron chi connectivity index (χ0n) is 17.5. The first-order valence-electron chi connectivity index (χ1n) is 10.5. The summed E-state index contributed by atoms with van der Waals surface area (Å²) in [5.41, 5.74) is 5.17. The fourth-order valence-electron chi connectivity index (χ4n) is 3.76. The Hall–Kier alpha value is -3.60. The Balaban J connectivity index is 1.32. The molecule has 1 amide bonds. The number of amides is 1. The van der Waals surface area contributed by atoms with E-state index in [1.165, 1.54) is 11.1 Å². The lowest BCUT2D eigenvalue weighted by Gasteiger charge is -2.16. The average molecular weight is 415 g/mol. The quantitative estimate of drug-likeness (QED) is 0.564. The third-order valence-electron chi connectivity index (χ3n) is 5.37. The molecule has 5 heteroatoms. The number of rotatable bonds is 7. The predicted octanol–water partition coefficient (Wildman–Crippen LogP) is 4.79. The van der Waals surface area contributed by atoms with Crippen molar-refractivity contribution >= 4 is 17.6 Å². The highest BCUT2D eigenvalue weighted by Gasteiger charge is 2.20. The zero-order chi connectivity index (χ0) is 21.6. The second kappa shape index (κ2) is 9.47. The van der Waals surface area contributed by atoms with Crippen LogP contribution in [0, 0.1) is 0 Å². The number of para-hydroxylation sites is 1. The highest BCUT2D eigenvalue weighted by Crippen LogP contribution is 2.28. The van der Waals surface area contributed by atoms with Gasteiger partial charge in [-0.3, -0.25) is 4.79 Å². The molecule has 3 aromatic carbocycles. The van der Waals surface area contributed by atoms with Crippen molar-refractivity contribution in [2.24, 2.45) is 0 Å². The molecule has 1 aliphatic rings. The van der Waals surface area contributed by atoms with E-state index in [0.29, 0.717) is 11.4 Å². The first kappa shape index (κ1) is 20.7. The Morgan fingerprint density at radius 2 is 1.68 bits per heavy atom. The lowest BCUT2D eigenvalue weighted by molar-refractivity contribution is -0.155. The third-order valence-corrected chi connectivity index (χ3v) is 5.37. The topological polar surface area (TPSA) is 64.6 Å². The van der Waals surface area contributed by atoms with Crippen LogP contribution in [0.5, 0.6) is 5.75 Å². The van der Waals surface area contributed by atoms with E-state index in [2.05, 4.69) is 5.32 Å². The largest absolute Gasteiger partial charge is 0.482 e. The van der Waals surface area contributed by atoms with Gasteiger partial charge in [-0.05, 0) is 61.1 Å². The molecule has 3 aromatic rings. The van der Waals surface area contributed by atoms with E-state index in [9.17, 15) is 9.59 Å². The summed E-state index contributed by atoms with van der Waals surface area (Å²) in [5, 5.41) is 2.86. The SMILES string of the molecule is C[C@@H](OC(=O)COc1ccc2c(c1)CCC2)C(=O)Nc1ccccc1-c1ccccc1. The highest BCUT2D eigenvalue weighted by molar-refractivity contribution is 5.98. The molecule has 0 heterocycles. The Morgan fingerprint density at radius 1 is 0.935 bits per heavy atom. The maximum Gasteiger partial charge on any atom is 0.344 e. The molecule has 158 valence electrons. The minimum Gasteiger partial charge on any atom is -0.482 e. The van der Waals surface area contributed by atoms with Crippen molar-refractivity contribution in [3.05, 3.63) is 83.9 Å². The minimum absolute atomic E-state index is 0.239. The van der Waals surface area contributed by atoms with Crippen LogP contribution in [0.2, 0.25) is 0 Å². The van der Waals surface area contributed by atoms with Gasteiger partial charge in [0.25, 0.3) is 5.91 Å². The lowest BCUT2D eigenvalue weighted by atomic mass is 10.0. The molecule has 31 heavy (non-hydrogen) atoms. The van der Waals surface area contributed by atoms with Crippen LogP contribution in [0.25, 0.3) is 11.1 Å². The van der Waals surface area contributed by atoms with E-state index in [-0.39, 0.29) is 6.61 Å². The Morgan fingerprint density at radius 3 is 2.52 bits per heavy atom. The van der Waals surface area contributed by atoms with E-state index in [4.69, 9.17) is 9.47 Å². The number of nitrogens with one attached hydrogen (secondary N) is 1. The minimum atomic E-state index is -0.944. The molecule has 0 radical (unpaired) electrons. The van der Waals surface area contributed by atoms with Gasteiger partial charge in [0.05, 0.1) is 0 Å². The molecule has 1 atom stereocenters. The summed E-state index contributed by atoms with van der Waals surface area (Å²) in [7, 11) is 0. The first-order chi connectivity index (χ1) is 15.1. The van der Waals surface area contributed by atoms with E-state index < -0.39 is 18.0 Å². The number of fused-ring (bicyclic) bond motifs is 1. The van der Waals surface area contributed by atoms with E-state index in [0.717, 1.165) is 30.4 Å². The van der Waals surface area contributed by atoms with Crippen molar-refractivity contribution in [1.82, 2.24) is 0 Å². The van der Waals surface area contributed by atoms with Crippen molar-refractivity contribution in [1.29, 1.82) is 0 Å². The second-order valence-electron chi connectivity index (χ2n) is 7.61. The van der Waals surface area contributed by atoms with Crippen LogP contribution >= 0.6 is 0 Å². The first-order valence-corrected chi connectivity index (χ1v) is 10.5. The molecular formula is C26H25NO4. The zero-order valence-corrected chi connectivity index (χ0v) is 17.5. The summed E-state index contributed by atoms with van der Waals surface area (Å²) in [6, 6.07) is 23.2. The van der Waals surface area contributed by atoms with Gasteiger partial charge in [0, 0.05) is 11.3 Å². The number of carbonyl (C=O) groups is 2. The number of anilines is 1. The molecule has 4 rings (SSSR count). The van der Waals surface area contributed by atoms with Gasteiger partial charge >= 0.3 is 5.97 Å². The van der Waals surface area contributed by atoms with Crippen molar-refractivity contribution in [2.45, 2.75) is 32.3 Å². The van der Waals surface area contributed by atoms with Gasteiger partial charge in [-0.1, -0.05) is 54.6 Å². The molecule has 0 saturated carbocycles. The Bertz CT molecular complexity index is 1080. The maximum atomic E-state index is 12.6. The van der Waals surface area contributed by atoms with E-state index >= 15 is 0 Å². The van der Waals surface area contributed by atoms with Gasteiger partial charge in [0.2, 0.25) is 0 Å². The van der Waals surface area contributed by atoms with Crippen molar-refractivity contribution in [3.8, 4) is 16.9 Å². The summed E-state index contributed by atoms with van der Waals surface area (Å²) in [5.74, 6) is -0.333. The summed E-state index contributed by atoms with van der Waals surface area (Å²) in [4.78, 5) is 24.8. The highest BCUT2D eigenvalue weighted by atomic mass is 16.6. The molecule has 0 unspecified atom stereocenters. The molecular weight excluding hydrogens is 390 g/mol. The van der Waals surface area contributed by atoms with E-state index in [1.54, 1.807) is 6.92 Å². The number of aryl methyl sites for hydroxylation is 2. The fraction of sp³-hybridized carbons (Fsp3) is 0.231. The number of ether oxygens (including phenoxy) is 2. The Kier molecular flexibility index (Phi) is 6.32. The van der Waals surface area contributed by atoms with Crippen LogP contribution in [0.3, 0.4) is 0 Å². The summed E-state index contributed by atoms with van der Waals surface area (Å²) >= 11 is 0. The molecule has 0 aromatic heterocycles. The molecule has 5 nitrogen and oxygen atoms in total. The van der Waals surface area contributed by atoms with Gasteiger partial charge in [-0.25, -0.2) is 4.79 Å². The standard InChI is InChI=1S/C26H25NO4/c1-18(31-25(28)17-30-22-15-14-19-10-7-11-21(19)16-22)26(29)27-24-13-6-5-12-23(24)20-8-3-2-4-9-20/h2-6,8-9,12-16,18H,7,10-11,17H2,1H3,(H,27,29)/t18-/m1/s1. The van der Waals surface area contributed by atoms with Crippen LogP contribution in [0.1, 0.15) is 24.5 Å². The molecule has 0 fully saturated rings. The van der Waals surface area contributed by atoms with Gasteiger partial charge in [-0.15, -0.1) is 0 Å². The van der Waals surface area contributed by atoms with Crippen molar-refractivity contribution in [2.75, 3.05) is 11.9 Å². The van der Waals surface area contributed by atoms with Crippen molar-refractivity contribution in [3.63, 3.8) is 0 Å². The molecule has 0 bridgehead atoms. The van der Waals surface area contributed by atoms with E-state index in [1.807, 2.05) is 72.8 Å². The van der Waals surface area contributed by atoms with Crippen molar-refractivity contribution < 1.29 is 19.1 Å². The molecule has 0 aliphatic heterocycles. The molecule has 1 aliphatic carbocycles. The number of esters is 1. The average Bonchev–Trinajstić information content (AvgIpc) is 3.26. The van der Waals surface area contributed by atoms with Gasteiger partial charge < -0.3 is 14.8 Å². The lowest BCUT2D eigenvalue weighted by Crippen LogP contribution is -2.31. The number of hydrogen-bond donors (Lipinski definition) is 1. The third kappa shape index (κ3) is 5.12. The van der Waals surface area contributed by atoms with Gasteiger partial charge in [-0.2, -0.15) is 0 Å². The van der Waals surface area contributed by atoms with Crippen LogP contribution in [0.15, 0.2) is 72.8 Å². The van der Waals surface area contributed by atoms with Crippen LogP contribution < -0.4 is 10.1 Å².